The molecule has 7 heteroatoms. The van der Waals surface area contributed by atoms with E-state index in [1.165, 1.54) is 24.2 Å². The van der Waals surface area contributed by atoms with Crippen LogP contribution in [0.15, 0.2) is 36.4 Å². The third-order valence-electron chi connectivity index (χ3n) is 6.20. The average molecular weight is 488 g/mol. The Morgan fingerprint density at radius 2 is 1.88 bits per heavy atom. The number of aliphatic hydroxyl groups is 1. The maximum atomic E-state index is 12.8. The van der Waals surface area contributed by atoms with Crippen molar-refractivity contribution < 1.29 is 24.2 Å². The van der Waals surface area contributed by atoms with Gasteiger partial charge in [0.1, 0.15) is 11.0 Å². The maximum Gasteiger partial charge on any atom is 0.348 e. The molecule has 3 rings (SSSR count). The highest BCUT2D eigenvalue weighted by Crippen LogP contribution is 2.39. The first-order valence-electron chi connectivity index (χ1n) is 12.3. The fourth-order valence-corrected chi connectivity index (χ4v) is 5.49. The molecule has 1 aromatic heterocycles. The van der Waals surface area contributed by atoms with Crippen LogP contribution in [0.3, 0.4) is 0 Å². The van der Waals surface area contributed by atoms with Gasteiger partial charge in [0.05, 0.1) is 18.2 Å². The molecule has 0 radical (unpaired) electrons. The van der Waals surface area contributed by atoms with E-state index in [0.29, 0.717) is 17.7 Å². The molecule has 0 bridgehead atoms. The molecule has 0 saturated carbocycles. The van der Waals surface area contributed by atoms with E-state index in [4.69, 9.17) is 9.47 Å². The fraction of sp³-hybridized carbons (Fsp3) is 0.556. The zero-order chi connectivity index (χ0) is 24.7. The zero-order valence-corrected chi connectivity index (χ0v) is 21.5. The zero-order valence-electron chi connectivity index (χ0n) is 20.7. The number of aliphatic hydroxyl groups excluding tert-OH is 1. The largest absolute Gasteiger partial charge is 0.459 e. The molecule has 0 spiro atoms. The summed E-state index contributed by atoms with van der Waals surface area (Å²) in [4.78, 5) is 28.4. The van der Waals surface area contributed by atoms with Crippen molar-refractivity contribution in [1.29, 1.82) is 0 Å². The fourth-order valence-electron chi connectivity index (χ4n) is 4.47. The van der Waals surface area contributed by atoms with E-state index in [1.807, 2.05) is 44.2 Å². The Morgan fingerprint density at radius 3 is 2.53 bits per heavy atom. The van der Waals surface area contributed by atoms with Crippen LogP contribution in [0.2, 0.25) is 0 Å². The van der Waals surface area contributed by atoms with Gasteiger partial charge >= 0.3 is 5.97 Å². The van der Waals surface area contributed by atoms with Crippen LogP contribution in [-0.4, -0.2) is 36.2 Å². The number of rotatable bonds is 12. The Hall–Kier alpha value is -2.22. The molecule has 1 fully saturated rings. The second kappa shape index (κ2) is 12.5. The minimum atomic E-state index is -0.488. The van der Waals surface area contributed by atoms with Gasteiger partial charge in [-0.3, -0.25) is 4.79 Å². The van der Waals surface area contributed by atoms with Crippen molar-refractivity contribution in [1.82, 2.24) is 0 Å². The van der Waals surface area contributed by atoms with Crippen molar-refractivity contribution in [2.24, 2.45) is 0 Å². The molecule has 1 aliphatic rings. The van der Waals surface area contributed by atoms with Gasteiger partial charge in [-0.15, -0.1) is 11.3 Å². The number of thiophene rings is 1. The van der Waals surface area contributed by atoms with Crippen molar-refractivity contribution >= 4 is 28.9 Å². The molecule has 2 heterocycles. The van der Waals surface area contributed by atoms with Gasteiger partial charge in [0.25, 0.3) is 0 Å². The van der Waals surface area contributed by atoms with E-state index in [1.54, 1.807) is 18.1 Å². The molecule has 2 aromatic rings. The second-order valence-corrected chi connectivity index (χ2v) is 10.3. The predicted molar refractivity (Wildman–Crippen MR) is 135 cm³/mol. The van der Waals surface area contributed by atoms with Crippen LogP contribution in [0.1, 0.15) is 98.0 Å². The summed E-state index contributed by atoms with van der Waals surface area (Å²) in [6.45, 7) is 5.82. The first kappa shape index (κ1) is 26.4. The number of carbonyl (C=O) groups is 2. The van der Waals surface area contributed by atoms with Crippen LogP contribution in [0.25, 0.3) is 0 Å². The molecule has 186 valence electrons. The number of unbranched alkanes of at least 4 members (excludes halogenated alkanes) is 3. The lowest BCUT2D eigenvalue weighted by molar-refractivity contribution is -0.117. The highest BCUT2D eigenvalue weighted by Gasteiger charge is 2.39. The first-order chi connectivity index (χ1) is 16.3. The minimum Gasteiger partial charge on any atom is -0.459 e. The predicted octanol–water partition coefficient (Wildman–Crippen LogP) is 6.20. The third-order valence-corrected chi connectivity index (χ3v) is 7.32. The summed E-state index contributed by atoms with van der Waals surface area (Å²) in [6.07, 6.45) is 5.35. The lowest BCUT2D eigenvalue weighted by Crippen LogP contribution is -2.37. The molecule has 1 aliphatic heterocycles. The van der Waals surface area contributed by atoms with Crippen LogP contribution in [0.4, 0.5) is 5.69 Å². The van der Waals surface area contributed by atoms with Gasteiger partial charge < -0.3 is 19.5 Å². The van der Waals surface area contributed by atoms with Crippen LogP contribution < -0.4 is 4.90 Å². The molecule has 1 aromatic carbocycles. The molecule has 34 heavy (non-hydrogen) atoms. The number of carbonyl (C=O) groups excluding carboxylic acids is 2. The van der Waals surface area contributed by atoms with Gasteiger partial charge in [-0.25, -0.2) is 4.79 Å². The lowest BCUT2D eigenvalue weighted by Gasteiger charge is -2.30. The number of nitrogens with zero attached hydrogens (tertiary/aromatic N) is 1. The van der Waals surface area contributed by atoms with Gasteiger partial charge in [0, 0.05) is 24.1 Å². The monoisotopic (exact) mass is 487 g/mol. The number of amides is 1. The van der Waals surface area contributed by atoms with Crippen LogP contribution in [0, 0.1) is 0 Å². The smallest absolute Gasteiger partial charge is 0.348 e. The van der Waals surface area contributed by atoms with E-state index in [-0.39, 0.29) is 30.1 Å². The second-order valence-electron chi connectivity index (χ2n) is 9.14. The van der Waals surface area contributed by atoms with E-state index in [9.17, 15) is 14.7 Å². The standard InChI is InChI=1S/C27H37NO5S/c1-5-6-7-8-9-22(29)19-10-12-20(13-11-19)28-21(14-17-25(28)30)26(32-4)23-15-16-24(34-23)27(31)33-18(2)3/h10-13,15-16,18,21-22,26,29H,5-9,14,17H2,1-4H3/t21?,22?,26-/m1/s1. The Kier molecular flexibility index (Phi) is 9.68. The number of benzene rings is 1. The van der Waals surface area contributed by atoms with Crippen molar-refractivity contribution in [3.8, 4) is 0 Å². The average Bonchev–Trinajstić information content (AvgIpc) is 3.45. The molecule has 1 amide bonds. The lowest BCUT2D eigenvalue weighted by atomic mass is 10.0. The van der Waals surface area contributed by atoms with E-state index in [2.05, 4.69) is 6.92 Å². The molecule has 3 atom stereocenters. The quantitative estimate of drug-likeness (QED) is 0.285. The molecule has 1 saturated heterocycles. The van der Waals surface area contributed by atoms with Gasteiger partial charge in [-0.05, 0) is 56.5 Å². The van der Waals surface area contributed by atoms with Gasteiger partial charge in [-0.2, -0.15) is 0 Å². The van der Waals surface area contributed by atoms with E-state index >= 15 is 0 Å². The van der Waals surface area contributed by atoms with Crippen LogP contribution in [-0.2, 0) is 14.3 Å². The topological polar surface area (TPSA) is 76.1 Å². The highest BCUT2D eigenvalue weighted by atomic mass is 32.1. The van der Waals surface area contributed by atoms with Crippen molar-refractivity contribution in [3.63, 3.8) is 0 Å². The Bertz CT molecular complexity index is 939. The summed E-state index contributed by atoms with van der Waals surface area (Å²) in [5.74, 6) is -0.291. The maximum absolute atomic E-state index is 12.8. The van der Waals surface area contributed by atoms with Crippen molar-refractivity contribution in [3.05, 3.63) is 51.7 Å². The number of hydrogen-bond donors (Lipinski definition) is 1. The summed E-state index contributed by atoms with van der Waals surface area (Å²) in [6, 6.07) is 11.1. The van der Waals surface area contributed by atoms with Crippen molar-refractivity contribution in [2.75, 3.05) is 12.0 Å². The highest BCUT2D eigenvalue weighted by molar-refractivity contribution is 7.14. The summed E-state index contributed by atoms with van der Waals surface area (Å²) >= 11 is 1.35. The summed E-state index contributed by atoms with van der Waals surface area (Å²) in [7, 11) is 1.63. The number of ether oxygens (including phenoxy) is 2. The normalized spacial score (nSPS) is 17.9. The van der Waals surface area contributed by atoms with E-state index < -0.39 is 6.10 Å². The van der Waals surface area contributed by atoms with Gasteiger partial charge in [0.15, 0.2) is 0 Å². The molecular formula is C27H37NO5S. The van der Waals surface area contributed by atoms with Crippen LogP contribution >= 0.6 is 11.3 Å². The molecule has 1 N–H and O–H groups in total. The minimum absolute atomic E-state index is 0.0518. The van der Waals surface area contributed by atoms with Gasteiger partial charge in [0.2, 0.25) is 5.91 Å². The van der Waals surface area contributed by atoms with Crippen LogP contribution in [0.5, 0.6) is 0 Å². The summed E-state index contributed by atoms with van der Waals surface area (Å²) < 4.78 is 11.2. The Labute approximate surface area is 206 Å². The Morgan fingerprint density at radius 1 is 1.15 bits per heavy atom. The molecular weight excluding hydrogens is 450 g/mol. The van der Waals surface area contributed by atoms with E-state index in [0.717, 1.165) is 35.4 Å². The molecule has 0 aliphatic carbocycles. The first-order valence-corrected chi connectivity index (χ1v) is 13.1. The SMILES string of the molecule is CCCCCCC(O)c1ccc(N2C(=O)CCC2[C@@H](OC)c2ccc(C(=O)OC(C)C)s2)cc1. The number of esters is 1. The third kappa shape index (κ3) is 6.46. The number of methoxy groups -OCH3 is 1. The summed E-state index contributed by atoms with van der Waals surface area (Å²) in [5, 5.41) is 10.5. The molecule has 2 unspecified atom stereocenters. The number of hydrogen-bond acceptors (Lipinski definition) is 6. The Balaban J connectivity index is 1.73. The van der Waals surface area contributed by atoms with Gasteiger partial charge in [-0.1, -0.05) is 44.7 Å². The molecule has 6 nitrogen and oxygen atoms in total. The number of anilines is 1. The van der Waals surface area contributed by atoms with Crippen molar-refractivity contribution in [2.45, 2.75) is 90.1 Å². The summed E-state index contributed by atoms with van der Waals surface area (Å²) in [5.41, 5.74) is 1.67.